The van der Waals surface area contributed by atoms with Crippen LogP contribution >= 0.6 is 0 Å². The minimum Gasteiger partial charge on any atom is -0.465 e. The molecular formula is C23H36O4. The van der Waals surface area contributed by atoms with Gasteiger partial charge in [0, 0.05) is 6.42 Å². The number of ether oxygens (including phenoxy) is 1. The highest BCUT2D eigenvalue weighted by Gasteiger charge is 2.34. The number of carbonyl (C=O) groups excluding carboxylic acids is 1. The highest BCUT2D eigenvalue weighted by atomic mass is 16.6. The second-order valence-corrected chi connectivity index (χ2v) is 7.65. The van der Waals surface area contributed by atoms with Crippen molar-refractivity contribution in [1.82, 2.24) is 0 Å². The summed E-state index contributed by atoms with van der Waals surface area (Å²) < 4.78 is 4.41. The summed E-state index contributed by atoms with van der Waals surface area (Å²) in [4.78, 5) is 11.4. The van der Waals surface area contributed by atoms with Crippen LogP contribution in [-0.2, 0) is 9.53 Å². The molecule has 27 heavy (non-hydrogen) atoms. The maximum absolute atomic E-state index is 11.4. The van der Waals surface area contributed by atoms with E-state index in [2.05, 4.69) is 41.7 Å². The molecule has 0 fully saturated rings. The minimum absolute atomic E-state index is 0.207. The molecule has 0 aromatic carbocycles. The first kappa shape index (κ1) is 23.4. The zero-order chi connectivity index (χ0) is 20.3. The van der Waals surface area contributed by atoms with E-state index < -0.39 is 11.8 Å². The van der Waals surface area contributed by atoms with Gasteiger partial charge in [-0.1, -0.05) is 50.5 Å². The standard InChI is InChI=1S/C23H36O4/c1-5-6-7-8-9-10-12-20-13-11-14-21(20)16-18(2)15-19(3)17-23(25,26)22(24)27-4/h10-13,20-21,25-26H,5-9,14,16-17H2,1-4H3/t15?,20-,21+/m0/s1. The van der Waals surface area contributed by atoms with Crippen LogP contribution in [0.2, 0.25) is 0 Å². The molecule has 0 heterocycles. The Morgan fingerprint density at radius 3 is 2.67 bits per heavy atom. The monoisotopic (exact) mass is 376 g/mol. The van der Waals surface area contributed by atoms with E-state index >= 15 is 0 Å². The third kappa shape index (κ3) is 8.75. The lowest BCUT2D eigenvalue weighted by molar-refractivity contribution is -0.206. The molecule has 4 heteroatoms. The zero-order valence-corrected chi connectivity index (χ0v) is 17.3. The molecule has 0 aromatic rings. The second kappa shape index (κ2) is 12.0. The van der Waals surface area contributed by atoms with Gasteiger partial charge in [-0.3, -0.25) is 0 Å². The van der Waals surface area contributed by atoms with Crippen molar-refractivity contribution in [1.29, 1.82) is 0 Å². The third-order valence-electron chi connectivity index (χ3n) is 4.94. The summed E-state index contributed by atoms with van der Waals surface area (Å²) in [5.41, 5.74) is 4.89. The molecule has 1 aliphatic rings. The van der Waals surface area contributed by atoms with Gasteiger partial charge in [0.05, 0.1) is 7.11 Å². The van der Waals surface area contributed by atoms with Gasteiger partial charge in [-0.05, 0) is 62.5 Å². The quantitative estimate of drug-likeness (QED) is 0.178. The van der Waals surface area contributed by atoms with E-state index in [1.807, 2.05) is 6.92 Å². The fraction of sp³-hybridized carbons (Fsp3) is 0.652. The molecule has 0 aliphatic heterocycles. The first-order valence-electron chi connectivity index (χ1n) is 10.1. The van der Waals surface area contributed by atoms with Crippen molar-refractivity contribution in [2.24, 2.45) is 11.8 Å². The molecule has 2 atom stereocenters. The van der Waals surface area contributed by atoms with E-state index in [0.29, 0.717) is 17.4 Å². The summed E-state index contributed by atoms with van der Waals surface area (Å²) in [6.45, 7) is 5.97. The van der Waals surface area contributed by atoms with Crippen molar-refractivity contribution in [3.63, 3.8) is 0 Å². The first-order valence-corrected chi connectivity index (χ1v) is 10.1. The van der Waals surface area contributed by atoms with Gasteiger partial charge in [0.2, 0.25) is 0 Å². The number of carbonyl (C=O) groups is 1. The fourth-order valence-corrected chi connectivity index (χ4v) is 3.57. The predicted octanol–water partition coefficient (Wildman–Crippen LogP) is 4.83. The number of allylic oxidation sites excluding steroid dienone is 4. The molecule has 0 aromatic heterocycles. The average Bonchev–Trinajstić information content (AvgIpc) is 3.03. The molecule has 2 N–H and O–H groups in total. The molecular weight excluding hydrogens is 340 g/mol. The van der Waals surface area contributed by atoms with Crippen molar-refractivity contribution in [3.8, 4) is 0 Å². The number of hydrogen-bond acceptors (Lipinski definition) is 4. The van der Waals surface area contributed by atoms with Crippen LogP contribution in [0, 0.1) is 11.8 Å². The number of methoxy groups -OCH3 is 1. The maximum atomic E-state index is 11.4. The van der Waals surface area contributed by atoms with Crippen molar-refractivity contribution in [3.05, 3.63) is 41.2 Å². The maximum Gasteiger partial charge on any atom is 0.366 e. The number of hydrogen-bond donors (Lipinski definition) is 2. The molecule has 0 amide bonds. The number of esters is 1. The number of unbranched alkanes of at least 4 members (excludes halogenated alkanes) is 4. The summed E-state index contributed by atoms with van der Waals surface area (Å²) in [6, 6.07) is 0. The van der Waals surface area contributed by atoms with E-state index in [4.69, 9.17) is 0 Å². The molecule has 1 aliphatic carbocycles. The Balaban J connectivity index is 2.60. The van der Waals surface area contributed by atoms with Crippen LogP contribution < -0.4 is 0 Å². The van der Waals surface area contributed by atoms with Crippen LogP contribution in [0.15, 0.2) is 41.2 Å². The van der Waals surface area contributed by atoms with Gasteiger partial charge in [0.1, 0.15) is 0 Å². The lowest BCUT2D eigenvalue weighted by Crippen LogP contribution is -2.39. The lowest BCUT2D eigenvalue weighted by Gasteiger charge is -2.18. The molecule has 152 valence electrons. The van der Waals surface area contributed by atoms with Crippen LogP contribution in [0.5, 0.6) is 0 Å². The summed E-state index contributed by atoms with van der Waals surface area (Å²) in [6.07, 6.45) is 17.2. The number of aliphatic hydroxyl groups is 2. The smallest absolute Gasteiger partial charge is 0.366 e. The van der Waals surface area contributed by atoms with Crippen LogP contribution in [0.4, 0.5) is 0 Å². The van der Waals surface area contributed by atoms with Gasteiger partial charge in [-0.25, -0.2) is 4.79 Å². The van der Waals surface area contributed by atoms with E-state index in [-0.39, 0.29) is 6.42 Å². The van der Waals surface area contributed by atoms with Gasteiger partial charge in [-0.15, -0.1) is 5.73 Å². The Morgan fingerprint density at radius 1 is 1.26 bits per heavy atom. The molecule has 1 rings (SSSR count). The zero-order valence-electron chi connectivity index (χ0n) is 17.3. The van der Waals surface area contributed by atoms with Crippen LogP contribution in [0.3, 0.4) is 0 Å². The lowest BCUT2D eigenvalue weighted by atomic mass is 9.88. The third-order valence-corrected chi connectivity index (χ3v) is 4.94. The topological polar surface area (TPSA) is 66.8 Å². The second-order valence-electron chi connectivity index (χ2n) is 7.65. The summed E-state index contributed by atoms with van der Waals surface area (Å²) in [5, 5.41) is 19.5. The Morgan fingerprint density at radius 2 is 2.00 bits per heavy atom. The van der Waals surface area contributed by atoms with E-state index in [1.54, 1.807) is 6.92 Å². The largest absolute Gasteiger partial charge is 0.465 e. The van der Waals surface area contributed by atoms with E-state index in [0.717, 1.165) is 31.9 Å². The first-order chi connectivity index (χ1) is 12.8. The van der Waals surface area contributed by atoms with Crippen molar-refractivity contribution in [2.75, 3.05) is 7.11 Å². The normalized spacial score (nSPS) is 19.3. The fourth-order valence-electron chi connectivity index (χ4n) is 3.57. The highest BCUT2D eigenvalue weighted by Crippen LogP contribution is 2.32. The average molecular weight is 377 g/mol. The van der Waals surface area contributed by atoms with Crippen molar-refractivity contribution < 1.29 is 19.7 Å². The molecule has 0 saturated carbocycles. The molecule has 0 bridgehead atoms. The van der Waals surface area contributed by atoms with Crippen LogP contribution in [0.25, 0.3) is 0 Å². The highest BCUT2D eigenvalue weighted by molar-refractivity contribution is 5.77. The van der Waals surface area contributed by atoms with Gasteiger partial charge in [0.15, 0.2) is 0 Å². The van der Waals surface area contributed by atoms with Crippen molar-refractivity contribution in [2.45, 2.75) is 77.9 Å². The van der Waals surface area contributed by atoms with Gasteiger partial charge in [-0.2, -0.15) is 0 Å². The Labute approximate surface area is 164 Å². The SMILES string of the molecule is CCCCCCC=C[C@H]1C=CC[C@@H]1CC(C)=C=C(C)CC(O)(O)C(=O)OC. The Kier molecular flexibility index (Phi) is 10.4. The Hall–Kier alpha value is -1.61. The molecule has 4 nitrogen and oxygen atoms in total. The van der Waals surface area contributed by atoms with Gasteiger partial charge in [0.25, 0.3) is 5.79 Å². The molecule has 0 radical (unpaired) electrons. The van der Waals surface area contributed by atoms with E-state index in [1.165, 1.54) is 25.7 Å². The Bertz CT molecular complexity index is 591. The minimum atomic E-state index is -2.50. The van der Waals surface area contributed by atoms with Crippen LogP contribution in [-0.4, -0.2) is 29.1 Å². The predicted molar refractivity (Wildman–Crippen MR) is 109 cm³/mol. The summed E-state index contributed by atoms with van der Waals surface area (Å²) >= 11 is 0. The van der Waals surface area contributed by atoms with Crippen LogP contribution in [0.1, 0.15) is 72.1 Å². The van der Waals surface area contributed by atoms with Gasteiger partial charge >= 0.3 is 5.97 Å². The molecule has 0 unspecified atom stereocenters. The van der Waals surface area contributed by atoms with Gasteiger partial charge < -0.3 is 14.9 Å². The van der Waals surface area contributed by atoms with Crippen molar-refractivity contribution >= 4 is 5.97 Å². The molecule has 0 saturated heterocycles. The number of rotatable bonds is 11. The van der Waals surface area contributed by atoms with E-state index in [9.17, 15) is 15.0 Å². The summed E-state index contributed by atoms with van der Waals surface area (Å²) in [7, 11) is 1.13. The molecule has 0 spiro atoms. The summed E-state index contributed by atoms with van der Waals surface area (Å²) in [5.74, 6) is -2.57.